The molecule has 0 atom stereocenters. The Morgan fingerprint density at radius 2 is 2.09 bits per heavy atom. The molecule has 2 N–H and O–H groups in total. The van der Waals surface area contributed by atoms with E-state index in [4.69, 9.17) is 0 Å². The number of carbonyl (C=O) groups is 1. The zero-order valence-corrected chi connectivity index (χ0v) is 14.4. The van der Waals surface area contributed by atoms with Crippen molar-refractivity contribution in [1.29, 1.82) is 0 Å². The van der Waals surface area contributed by atoms with Crippen molar-refractivity contribution in [3.05, 3.63) is 52.8 Å². The van der Waals surface area contributed by atoms with Gasteiger partial charge in [0.05, 0.1) is 5.69 Å². The zero-order chi connectivity index (χ0) is 16.8. The van der Waals surface area contributed by atoms with E-state index in [9.17, 15) is 4.79 Å². The molecule has 1 aromatic carbocycles. The van der Waals surface area contributed by atoms with Crippen LogP contribution < -0.4 is 10.6 Å². The molecule has 5 heteroatoms. The van der Waals surface area contributed by atoms with Crippen LogP contribution >= 0.6 is 0 Å². The van der Waals surface area contributed by atoms with E-state index in [0.29, 0.717) is 19.0 Å². The molecule has 2 aromatic rings. The standard InChI is InChI=1S/C18H26N4O/c1-13(2)16-7-5-6-15(10-16)11-20-18(23)19-9-8-17-14(3)12-22(4)21-17/h5-7,10,12-13H,8-9,11H2,1-4H3,(H2,19,20,23). The van der Waals surface area contributed by atoms with Crippen LogP contribution in [-0.4, -0.2) is 22.4 Å². The Bertz CT molecular complexity index is 661. The van der Waals surface area contributed by atoms with E-state index in [1.54, 1.807) is 4.68 Å². The minimum Gasteiger partial charge on any atom is -0.338 e. The third-order valence-corrected chi connectivity index (χ3v) is 3.83. The number of rotatable bonds is 6. The van der Waals surface area contributed by atoms with E-state index in [0.717, 1.165) is 23.2 Å². The highest BCUT2D eigenvalue weighted by Gasteiger charge is 2.05. The first-order valence-electron chi connectivity index (χ1n) is 8.05. The fraction of sp³-hybridized carbons (Fsp3) is 0.444. The van der Waals surface area contributed by atoms with Crippen LogP contribution in [0.15, 0.2) is 30.5 Å². The minimum absolute atomic E-state index is 0.145. The molecular weight excluding hydrogens is 288 g/mol. The fourth-order valence-corrected chi connectivity index (χ4v) is 2.50. The van der Waals surface area contributed by atoms with Crippen LogP contribution in [0.5, 0.6) is 0 Å². The molecule has 124 valence electrons. The van der Waals surface area contributed by atoms with Crippen molar-refractivity contribution in [2.75, 3.05) is 6.54 Å². The van der Waals surface area contributed by atoms with Crippen molar-refractivity contribution >= 4 is 6.03 Å². The molecule has 1 heterocycles. The van der Waals surface area contributed by atoms with E-state index in [-0.39, 0.29) is 6.03 Å². The lowest BCUT2D eigenvalue weighted by atomic mass is 10.0. The summed E-state index contributed by atoms with van der Waals surface area (Å²) in [5, 5.41) is 10.1. The molecule has 0 radical (unpaired) electrons. The Morgan fingerprint density at radius 3 is 2.74 bits per heavy atom. The first-order chi connectivity index (χ1) is 11.0. The summed E-state index contributed by atoms with van der Waals surface area (Å²) >= 11 is 0. The summed E-state index contributed by atoms with van der Waals surface area (Å²) in [6.07, 6.45) is 2.72. The van der Waals surface area contributed by atoms with Crippen LogP contribution in [0, 0.1) is 6.92 Å². The normalized spacial score (nSPS) is 10.8. The molecule has 23 heavy (non-hydrogen) atoms. The van der Waals surface area contributed by atoms with Gasteiger partial charge in [0.2, 0.25) is 0 Å². The van der Waals surface area contributed by atoms with Gasteiger partial charge in [-0.1, -0.05) is 38.1 Å². The molecular formula is C18H26N4O. The first-order valence-corrected chi connectivity index (χ1v) is 8.05. The first kappa shape index (κ1) is 17.1. The Balaban J connectivity index is 1.75. The molecule has 0 aliphatic carbocycles. The highest BCUT2D eigenvalue weighted by Crippen LogP contribution is 2.15. The van der Waals surface area contributed by atoms with E-state index in [2.05, 4.69) is 41.7 Å². The number of nitrogens with zero attached hydrogens (tertiary/aromatic N) is 2. The molecule has 0 unspecified atom stereocenters. The molecule has 0 bridgehead atoms. The zero-order valence-electron chi connectivity index (χ0n) is 14.4. The van der Waals surface area contributed by atoms with Gasteiger partial charge in [0.15, 0.2) is 0 Å². The second-order valence-electron chi connectivity index (χ2n) is 6.19. The summed E-state index contributed by atoms with van der Waals surface area (Å²) in [5.74, 6) is 0.491. The summed E-state index contributed by atoms with van der Waals surface area (Å²) in [6.45, 7) is 7.48. The second-order valence-corrected chi connectivity index (χ2v) is 6.19. The summed E-state index contributed by atoms with van der Waals surface area (Å²) in [6, 6.07) is 8.18. The van der Waals surface area contributed by atoms with Crippen molar-refractivity contribution in [2.45, 2.75) is 39.7 Å². The summed E-state index contributed by atoms with van der Waals surface area (Å²) < 4.78 is 1.80. The van der Waals surface area contributed by atoms with Crippen molar-refractivity contribution in [3.8, 4) is 0 Å². The lowest BCUT2D eigenvalue weighted by molar-refractivity contribution is 0.240. The van der Waals surface area contributed by atoms with Gasteiger partial charge >= 0.3 is 6.03 Å². The van der Waals surface area contributed by atoms with E-state index < -0.39 is 0 Å². The van der Waals surface area contributed by atoms with Gasteiger partial charge in [0, 0.05) is 32.8 Å². The van der Waals surface area contributed by atoms with Gasteiger partial charge in [-0.05, 0) is 29.5 Å². The van der Waals surface area contributed by atoms with Gasteiger partial charge in [-0.25, -0.2) is 4.79 Å². The molecule has 0 aliphatic rings. The van der Waals surface area contributed by atoms with Crippen LogP contribution in [0.25, 0.3) is 0 Å². The van der Waals surface area contributed by atoms with Gasteiger partial charge in [-0.3, -0.25) is 4.68 Å². The molecule has 2 amide bonds. The van der Waals surface area contributed by atoms with Crippen LogP contribution in [0.1, 0.15) is 42.1 Å². The van der Waals surface area contributed by atoms with Gasteiger partial charge in [-0.15, -0.1) is 0 Å². The van der Waals surface area contributed by atoms with E-state index in [1.807, 2.05) is 32.3 Å². The van der Waals surface area contributed by atoms with E-state index >= 15 is 0 Å². The number of nitrogens with one attached hydrogen (secondary N) is 2. The molecule has 0 aliphatic heterocycles. The molecule has 5 nitrogen and oxygen atoms in total. The maximum Gasteiger partial charge on any atom is 0.315 e. The smallest absolute Gasteiger partial charge is 0.315 e. The Kier molecular flexibility index (Phi) is 5.79. The number of hydrogen-bond donors (Lipinski definition) is 2. The maximum atomic E-state index is 11.9. The number of benzene rings is 1. The van der Waals surface area contributed by atoms with E-state index in [1.165, 1.54) is 5.56 Å². The molecule has 0 fully saturated rings. The van der Waals surface area contributed by atoms with Crippen LogP contribution in [-0.2, 0) is 20.0 Å². The molecule has 0 saturated carbocycles. The predicted molar refractivity (Wildman–Crippen MR) is 92.4 cm³/mol. The third kappa shape index (κ3) is 5.13. The summed E-state index contributed by atoms with van der Waals surface area (Å²) in [5.41, 5.74) is 4.58. The van der Waals surface area contributed by atoms with Crippen molar-refractivity contribution < 1.29 is 4.79 Å². The Morgan fingerprint density at radius 1 is 1.30 bits per heavy atom. The summed E-state index contributed by atoms with van der Waals surface area (Å²) in [4.78, 5) is 11.9. The van der Waals surface area contributed by atoms with Gasteiger partial charge in [-0.2, -0.15) is 5.10 Å². The second kappa shape index (κ2) is 7.81. The largest absolute Gasteiger partial charge is 0.338 e. The fourth-order valence-electron chi connectivity index (χ4n) is 2.50. The quantitative estimate of drug-likeness (QED) is 0.861. The topological polar surface area (TPSA) is 59.0 Å². The maximum absolute atomic E-state index is 11.9. The highest BCUT2D eigenvalue weighted by molar-refractivity contribution is 5.73. The molecule has 0 spiro atoms. The van der Waals surface area contributed by atoms with Crippen molar-refractivity contribution in [2.24, 2.45) is 7.05 Å². The third-order valence-electron chi connectivity index (χ3n) is 3.83. The minimum atomic E-state index is -0.145. The number of hydrogen-bond acceptors (Lipinski definition) is 2. The lowest BCUT2D eigenvalue weighted by Gasteiger charge is -2.10. The number of carbonyl (C=O) groups excluding carboxylic acids is 1. The monoisotopic (exact) mass is 314 g/mol. The van der Waals surface area contributed by atoms with Crippen molar-refractivity contribution in [3.63, 3.8) is 0 Å². The molecule has 0 saturated heterocycles. The Hall–Kier alpha value is -2.30. The highest BCUT2D eigenvalue weighted by atomic mass is 16.2. The molecule has 1 aromatic heterocycles. The van der Waals surface area contributed by atoms with Crippen molar-refractivity contribution in [1.82, 2.24) is 20.4 Å². The predicted octanol–water partition coefficient (Wildman–Crippen LogP) is 2.89. The lowest BCUT2D eigenvalue weighted by Crippen LogP contribution is -2.36. The van der Waals surface area contributed by atoms with Gasteiger partial charge < -0.3 is 10.6 Å². The number of aromatic nitrogens is 2. The summed E-state index contributed by atoms with van der Waals surface area (Å²) in [7, 11) is 1.90. The molecule has 2 rings (SSSR count). The number of aryl methyl sites for hydroxylation is 2. The van der Waals surface area contributed by atoms with Crippen LogP contribution in [0.4, 0.5) is 4.79 Å². The van der Waals surface area contributed by atoms with Crippen LogP contribution in [0.3, 0.4) is 0 Å². The van der Waals surface area contributed by atoms with Gasteiger partial charge in [0.25, 0.3) is 0 Å². The Labute approximate surface area is 138 Å². The van der Waals surface area contributed by atoms with Crippen LogP contribution in [0.2, 0.25) is 0 Å². The number of urea groups is 1. The SMILES string of the molecule is Cc1cn(C)nc1CCNC(=O)NCc1cccc(C(C)C)c1. The number of amides is 2. The average Bonchev–Trinajstić information content (AvgIpc) is 2.83. The average molecular weight is 314 g/mol. The van der Waals surface area contributed by atoms with Gasteiger partial charge in [0.1, 0.15) is 0 Å².